The molecule has 1 rings (SSSR count). The molecule has 0 aliphatic carbocycles. The van der Waals surface area contributed by atoms with E-state index in [9.17, 15) is 8.42 Å². The van der Waals surface area contributed by atoms with Crippen molar-refractivity contribution < 1.29 is 13.2 Å². The number of nitrogens with two attached hydrogens (primary N) is 1. The highest BCUT2D eigenvalue weighted by Crippen LogP contribution is 2.07. The van der Waals surface area contributed by atoms with Crippen molar-refractivity contribution in [2.45, 2.75) is 12.8 Å². The highest BCUT2D eigenvalue weighted by Gasteiger charge is 2.23. The number of unbranched alkanes of at least 4 members (excludes halogenated alkanes) is 1. The standard InChI is InChI=1S/C8H18N2O3S/c9-3-1-2-8-14(11,12)10-4-6-13-7-5-10/h1-9H2. The van der Waals surface area contributed by atoms with Crippen molar-refractivity contribution >= 4 is 10.0 Å². The van der Waals surface area contributed by atoms with Crippen LogP contribution in [0.3, 0.4) is 0 Å². The van der Waals surface area contributed by atoms with E-state index >= 15 is 0 Å². The molecule has 6 heteroatoms. The molecule has 1 aliphatic rings. The second-order valence-corrected chi connectivity index (χ2v) is 5.41. The van der Waals surface area contributed by atoms with Crippen LogP contribution in [-0.2, 0) is 14.8 Å². The van der Waals surface area contributed by atoms with Crippen LogP contribution >= 0.6 is 0 Å². The van der Waals surface area contributed by atoms with Gasteiger partial charge >= 0.3 is 0 Å². The van der Waals surface area contributed by atoms with Crippen molar-refractivity contribution in [3.8, 4) is 0 Å². The topological polar surface area (TPSA) is 72.6 Å². The predicted molar refractivity (Wildman–Crippen MR) is 54.5 cm³/mol. The Bertz CT molecular complexity index is 247. The molecular formula is C8H18N2O3S. The zero-order chi connectivity index (χ0) is 10.4. The minimum absolute atomic E-state index is 0.212. The van der Waals surface area contributed by atoms with Gasteiger partial charge in [0.15, 0.2) is 0 Å². The van der Waals surface area contributed by atoms with Gasteiger partial charge in [-0.25, -0.2) is 8.42 Å². The van der Waals surface area contributed by atoms with Gasteiger partial charge in [-0.15, -0.1) is 0 Å². The molecule has 1 heterocycles. The molecule has 1 saturated heterocycles. The molecule has 0 spiro atoms. The van der Waals surface area contributed by atoms with E-state index in [1.54, 1.807) is 0 Å². The molecule has 1 aliphatic heterocycles. The third kappa shape index (κ3) is 3.53. The molecule has 0 bridgehead atoms. The lowest BCUT2D eigenvalue weighted by molar-refractivity contribution is 0.0730. The molecule has 0 aromatic rings. The van der Waals surface area contributed by atoms with Crippen LogP contribution in [0.4, 0.5) is 0 Å². The molecule has 0 aromatic carbocycles. The fourth-order valence-corrected chi connectivity index (χ4v) is 2.92. The Hall–Kier alpha value is -0.170. The van der Waals surface area contributed by atoms with Crippen LogP contribution < -0.4 is 5.73 Å². The summed E-state index contributed by atoms with van der Waals surface area (Å²) >= 11 is 0. The highest BCUT2D eigenvalue weighted by atomic mass is 32.2. The molecule has 84 valence electrons. The Labute approximate surface area is 85.3 Å². The van der Waals surface area contributed by atoms with Crippen LogP contribution in [-0.4, -0.2) is 51.3 Å². The number of rotatable bonds is 5. The maximum absolute atomic E-state index is 11.7. The molecule has 0 unspecified atom stereocenters. The summed E-state index contributed by atoms with van der Waals surface area (Å²) in [6.07, 6.45) is 1.42. The van der Waals surface area contributed by atoms with Gasteiger partial charge in [-0.1, -0.05) is 0 Å². The van der Waals surface area contributed by atoms with Crippen LogP contribution in [0.2, 0.25) is 0 Å². The van der Waals surface area contributed by atoms with Crippen LogP contribution in [0.1, 0.15) is 12.8 Å². The number of morpholine rings is 1. The fraction of sp³-hybridized carbons (Fsp3) is 1.00. The molecule has 0 atom stereocenters. The lowest BCUT2D eigenvalue weighted by atomic mass is 10.3. The summed E-state index contributed by atoms with van der Waals surface area (Å²) in [4.78, 5) is 0. The number of hydrogen-bond acceptors (Lipinski definition) is 4. The first-order valence-electron chi connectivity index (χ1n) is 4.92. The van der Waals surface area contributed by atoms with Crippen molar-refractivity contribution in [1.29, 1.82) is 0 Å². The first-order chi connectivity index (χ1) is 6.67. The Kier molecular flexibility index (Phi) is 4.80. The second-order valence-electron chi connectivity index (χ2n) is 3.32. The van der Waals surface area contributed by atoms with Crippen molar-refractivity contribution in [2.75, 3.05) is 38.6 Å². The third-order valence-corrected chi connectivity index (χ3v) is 4.18. The summed E-state index contributed by atoms with van der Waals surface area (Å²) in [5.74, 6) is 0.212. The Morgan fingerprint density at radius 1 is 1.21 bits per heavy atom. The van der Waals surface area contributed by atoms with Crippen molar-refractivity contribution in [3.05, 3.63) is 0 Å². The molecule has 2 N–H and O–H groups in total. The van der Waals surface area contributed by atoms with Crippen molar-refractivity contribution in [1.82, 2.24) is 4.31 Å². The van der Waals surface area contributed by atoms with Gasteiger partial charge in [0.25, 0.3) is 0 Å². The number of sulfonamides is 1. The zero-order valence-corrected chi connectivity index (χ0v) is 9.13. The first-order valence-corrected chi connectivity index (χ1v) is 6.53. The largest absolute Gasteiger partial charge is 0.379 e. The molecule has 0 aromatic heterocycles. The van der Waals surface area contributed by atoms with Gasteiger partial charge in [-0.05, 0) is 19.4 Å². The van der Waals surface area contributed by atoms with Gasteiger partial charge in [0, 0.05) is 13.1 Å². The molecule has 0 radical (unpaired) electrons. The summed E-state index contributed by atoms with van der Waals surface area (Å²) in [7, 11) is -3.06. The Morgan fingerprint density at radius 2 is 1.86 bits per heavy atom. The second kappa shape index (κ2) is 5.65. The molecule has 1 fully saturated rings. The van der Waals surface area contributed by atoms with E-state index in [0.29, 0.717) is 39.3 Å². The predicted octanol–water partition coefficient (Wildman–Crippen LogP) is -0.613. The summed E-state index contributed by atoms with van der Waals surface area (Å²) in [6, 6.07) is 0. The lowest BCUT2D eigenvalue weighted by Gasteiger charge is -2.25. The van der Waals surface area contributed by atoms with E-state index in [-0.39, 0.29) is 5.75 Å². The van der Waals surface area contributed by atoms with Crippen LogP contribution in [0.25, 0.3) is 0 Å². The maximum atomic E-state index is 11.7. The van der Waals surface area contributed by atoms with Crippen LogP contribution in [0, 0.1) is 0 Å². The zero-order valence-electron chi connectivity index (χ0n) is 8.31. The van der Waals surface area contributed by atoms with E-state index in [1.165, 1.54) is 4.31 Å². The Balaban J connectivity index is 2.38. The highest BCUT2D eigenvalue weighted by molar-refractivity contribution is 7.89. The van der Waals surface area contributed by atoms with E-state index in [2.05, 4.69) is 0 Å². The van der Waals surface area contributed by atoms with Crippen molar-refractivity contribution in [3.63, 3.8) is 0 Å². The molecule has 0 amide bonds. The van der Waals surface area contributed by atoms with E-state index < -0.39 is 10.0 Å². The number of hydrogen-bond donors (Lipinski definition) is 1. The van der Waals surface area contributed by atoms with E-state index in [0.717, 1.165) is 6.42 Å². The molecular weight excluding hydrogens is 204 g/mol. The molecule has 0 saturated carbocycles. The number of ether oxygens (including phenoxy) is 1. The van der Waals surface area contributed by atoms with Gasteiger partial charge in [0.2, 0.25) is 10.0 Å². The van der Waals surface area contributed by atoms with Gasteiger partial charge in [0.1, 0.15) is 0 Å². The van der Waals surface area contributed by atoms with Gasteiger partial charge < -0.3 is 10.5 Å². The SMILES string of the molecule is NCCCCS(=O)(=O)N1CCOCC1. The third-order valence-electron chi connectivity index (χ3n) is 2.22. The van der Waals surface area contributed by atoms with E-state index in [4.69, 9.17) is 10.5 Å². The Morgan fingerprint density at radius 3 is 2.43 bits per heavy atom. The quantitative estimate of drug-likeness (QED) is 0.630. The summed E-state index contributed by atoms with van der Waals surface area (Å²) in [5.41, 5.74) is 5.31. The monoisotopic (exact) mass is 222 g/mol. The van der Waals surface area contributed by atoms with Gasteiger partial charge in [0.05, 0.1) is 19.0 Å². The average Bonchev–Trinajstić information content (AvgIpc) is 2.19. The van der Waals surface area contributed by atoms with Gasteiger partial charge in [-0.3, -0.25) is 0 Å². The van der Waals surface area contributed by atoms with Crippen LogP contribution in [0.15, 0.2) is 0 Å². The minimum atomic E-state index is -3.06. The normalized spacial score (nSPS) is 19.8. The van der Waals surface area contributed by atoms with Crippen molar-refractivity contribution in [2.24, 2.45) is 5.73 Å². The first kappa shape index (κ1) is 11.9. The smallest absolute Gasteiger partial charge is 0.214 e. The summed E-state index contributed by atoms with van der Waals surface area (Å²) in [6.45, 7) is 2.56. The summed E-state index contributed by atoms with van der Waals surface area (Å²) < 4.78 is 30.0. The lowest BCUT2D eigenvalue weighted by Crippen LogP contribution is -2.41. The van der Waals surface area contributed by atoms with Gasteiger partial charge in [-0.2, -0.15) is 4.31 Å². The summed E-state index contributed by atoms with van der Waals surface area (Å²) in [5, 5.41) is 0. The average molecular weight is 222 g/mol. The fourth-order valence-electron chi connectivity index (χ4n) is 1.38. The molecule has 5 nitrogen and oxygen atoms in total. The number of nitrogens with zero attached hydrogens (tertiary/aromatic N) is 1. The maximum Gasteiger partial charge on any atom is 0.214 e. The minimum Gasteiger partial charge on any atom is -0.379 e. The van der Waals surface area contributed by atoms with E-state index in [1.807, 2.05) is 0 Å². The van der Waals surface area contributed by atoms with Crippen LogP contribution in [0.5, 0.6) is 0 Å². The molecule has 14 heavy (non-hydrogen) atoms.